The molecule has 4 nitrogen and oxygen atoms in total. The Morgan fingerprint density at radius 2 is 2.00 bits per heavy atom. The van der Waals surface area contributed by atoms with Crippen molar-refractivity contribution in [2.75, 3.05) is 18.5 Å². The van der Waals surface area contributed by atoms with E-state index < -0.39 is 18.5 Å². The summed E-state index contributed by atoms with van der Waals surface area (Å²) in [4.78, 5) is 0. The molecular weight excluding hydrogens is 251 g/mol. The van der Waals surface area contributed by atoms with Gasteiger partial charge in [-0.1, -0.05) is 12.1 Å². The van der Waals surface area contributed by atoms with Crippen LogP contribution in [0.2, 0.25) is 0 Å². The van der Waals surface area contributed by atoms with Gasteiger partial charge in [0.25, 0.3) is 0 Å². The fraction of sp³-hybridized carbons (Fsp3) is 0.455. The molecule has 0 saturated carbocycles. The summed E-state index contributed by atoms with van der Waals surface area (Å²) in [5.74, 6) is -0.330. The third-order valence-corrected chi connectivity index (χ3v) is 2.50. The minimum atomic E-state index is -4.75. The van der Waals surface area contributed by atoms with Gasteiger partial charge in [0.2, 0.25) is 0 Å². The van der Waals surface area contributed by atoms with E-state index in [-0.39, 0.29) is 24.7 Å². The Bertz CT molecular complexity index is 411. The zero-order valence-corrected chi connectivity index (χ0v) is 9.28. The lowest BCUT2D eigenvalue weighted by molar-refractivity contribution is -0.274. The number of benzene rings is 1. The van der Waals surface area contributed by atoms with Gasteiger partial charge in [0.15, 0.2) is 5.75 Å². The zero-order chi connectivity index (χ0) is 13.2. The first kappa shape index (κ1) is 13.0. The van der Waals surface area contributed by atoms with Crippen LogP contribution in [-0.2, 0) is 4.74 Å². The summed E-state index contributed by atoms with van der Waals surface area (Å²) in [6, 6.07) is 5.23. The average Bonchev–Trinajstić information content (AvgIpc) is 2.65. The molecular formula is C11H12F3NO3. The van der Waals surface area contributed by atoms with Gasteiger partial charge in [0.05, 0.1) is 31.0 Å². The Morgan fingerprint density at radius 3 is 2.61 bits per heavy atom. The highest BCUT2D eigenvalue weighted by atomic mass is 19.4. The number of alkyl halides is 3. The Balaban J connectivity index is 2.12. The van der Waals surface area contributed by atoms with Crippen molar-refractivity contribution < 1.29 is 27.8 Å². The SMILES string of the molecule is O[C@H]1COC[C@@H]1Nc1ccccc1OC(F)(F)F. The van der Waals surface area contributed by atoms with Gasteiger partial charge in [-0.3, -0.25) is 0 Å². The van der Waals surface area contributed by atoms with E-state index in [0.29, 0.717) is 0 Å². The first-order valence-electron chi connectivity index (χ1n) is 5.33. The average molecular weight is 263 g/mol. The van der Waals surface area contributed by atoms with Crippen LogP contribution in [0.1, 0.15) is 0 Å². The molecule has 1 aromatic carbocycles. The molecule has 18 heavy (non-hydrogen) atoms. The van der Waals surface area contributed by atoms with E-state index in [1.165, 1.54) is 18.2 Å². The van der Waals surface area contributed by atoms with Crippen LogP contribution in [0.25, 0.3) is 0 Å². The maximum Gasteiger partial charge on any atom is 0.573 e. The molecule has 7 heteroatoms. The molecule has 0 unspecified atom stereocenters. The third-order valence-electron chi connectivity index (χ3n) is 2.50. The van der Waals surface area contributed by atoms with Gasteiger partial charge in [-0.15, -0.1) is 13.2 Å². The predicted octanol–water partition coefficient (Wildman–Crippen LogP) is 1.76. The van der Waals surface area contributed by atoms with E-state index >= 15 is 0 Å². The van der Waals surface area contributed by atoms with Crippen LogP contribution in [0.5, 0.6) is 5.75 Å². The van der Waals surface area contributed by atoms with Gasteiger partial charge < -0.3 is 19.9 Å². The van der Waals surface area contributed by atoms with Crippen LogP contribution in [-0.4, -0.2) is 36.8 Å². The smallest absolute Gasteiger partial charge is 0.404 e. The van der Waals surface area contributed by atoms with E-state index in [1.807, 2.05) is 0 Å². The van der Waals surface area contributed by atoms with Crippen LogP contribution >= 0.6 is 0 Å². The lowest BCUT2D eigenvalue weighted by Crippen LogP contribution is -2.32. The van der Waals surface area contributed by atoms with Crippen molar-refractivity contribution in [1.29, 1.82) is 0 Å². The largest absolute Gasteiger partial charge is 0.573 e. The third kappa shape index (κ3) is 3.27. The number of halogens is 3. The fourth-order valence-electron chi connectivity index (χ4n) is 1.68. The van der Waals surface area contributed by atoms with E-state index in [0.717, 1.165) is 0 Å². The molecule has 1 fully saturated rings. The number of hydrogen-bond donors (Lipinski definition) is 2. The number of para-hydroxylation sites is 2. The Morgan fingerprint density at radius 1 is 1.28 bits per heavy atom. The van der Waals surface area contributed by atoms with Crippen molar-refractivity contribution in [3.05, 3.63) is 24.3 Å². The zero-order valence-electron chi connectivity index (χ0n) is 9.28. The number of rotatable bonds is 3. The summed E-state index contributed by atoms with van der Waals surface area (Å²) >= 11 is 0. The maximum atomic E-state index is 12.2. The topological polar surface area (TPSA) is 50.7 Å². The minimum Gasteiger partial charge on any atom is -0.404 e. The molecule has 100 valence electrons. The number of nitrogens with one attached hydrogen (secondary N) is 1. The second-order valence-corrected chi connectivity index (χ2v) is 3.90. The molecule has 1 aliphatic heterocycles. The molecule has 1 aliphatic rings. The van der Waals surface area contributed by atoms with Crippen LogP contribution in [0.15, 0.2) is 24.3 Å². The van der Waals surface area contributed by atoms with E-state index in [1.54, 1.807) is 6.07 Å². The Kier molecular flexibility index (Phi) is 3.63. The monoisotopic (exact) mass is 263 g/mol. The van der Waals surface area contributed by atoms with E-state index in [2.05, 4.69) is 10.1 Å². The van der Waals surface area contributed by atoms with Crippen LogP contribution in [0, 0.1) is 0 Å². The van der Waals surface area contributed by atoms with E-state index in [9.17, 15) is 18.3 Å². The minimum absolute atomic E-state index is 0.167. The number of ether oxygens (including phenoxy) is 2. The Hall–Kier alpha value is -1.47. The normalized spacial score (nSPS) is 24.0. The van der Waals surface area contributed by atoms with Crippen LogP contribution in [0.3, 0.4) is 0 Å². The molecule has 0 bridgehead atoms. The lowest BCUT2D eigenvalue weighted by atomic mass is 10.2. The molecule has 2 atom stereocenters. The molecule has 0 amide bonds. The highest BCUT2D eigenvalue weighted by Crippen LogP contribution is 2.31. The molecule has 2 rings (SSSR count). The molecule has 0 aliphatic carbocycles. The molecule has 1 saturated heterocycles. The van der Waals surface area contributed by atoms with Gasteiger partial charge in [0.1, 0.15) is 0 Å². The molecule has 1 heterocycles. The number of aliphatic hydroxyl groups is 1. The summed E-state index contributed by atoms with van der Waals surface area (Å²) in [6.07, 6.45) is -5.49. The molecule has 0 aromatic heterocycles. The van der Waals surface area contributed by atoms with Crippen LogP contribution < -0.4 is 10.1 Å². The highest BCUT2D eigenvalue weighted by Gasteiger charge is 2.33. The molecule has 2 N–H and O–H groups in total. The highest BCUT2D eigenvalue weighted by molar-refractivity contribution is 5.57. The quantitative estimate of drug-likeness (QED) is 0.872. The summed E-state index contributed by atoms with van der Waals surface area (Å²) in [6.45, 7) is 0.404. The second kappa shape index (κ2) is 5.03. The molecule has 1 aromatic rings. The van der Waals surface area contributed by atoms with Crippen molar-refractivity contribution in [3.63, 3.8) is 0 Å². The molecule has 0 radical (unpaired) electrons. The van der Waals surface area contributed by atoms with Gasteiger partial charge in [-0.25, -0.2) is 0 Å². The predicted molar refractivity (Wildman–Crippen MR) is 57.4 cm³/mol. The summed E-state index contributed by atoms with van der Waals surface area (Å²) < 4.78 is 45.5. The van der Waals surface area contributed by atoms with Crippen molar-refractivity contribution in [3.8, 4) is 5.75 Å². The first-order valence-corrected chi connectivity index (χ1v) is 5.33. The second-order valence-electron chi connectivity index (χ2n) is 3.90. The van der Waals surface area contributed by atoms with Crippen molar-refractivity contribution >= 4 is 5.69 Å². The van der Waals surface area contributed by atoms with Crippen molar-refractivity contribution in [1.82, 2.24) is 0 Å². The summed E-state index contributed by atoms with van der Waals surface area (Å²) in [5, 5.41) is 12.3. The molecule has 0 spiro atoms. The summed E-state index contributed by atoms with van der Waals surface area (Å²) in [5.41, 5.74) is 0.171. The number of hydrogen-bond acceptors (Lipinski definition) is 4. The van der Waals surface area contributed by atoms with Gasteiger partial charge in [-0.05, 0) is 12.1 Å². The number of aliphatic hydroxyl groups excluding tert-OH is 1. The lowest BCUT2D eigenvalue weighted by Gasteiger charge is -2.19. The van der Waals surface area contributed by atoms with Gasteiger partial charge >= 0.3 is 6.36 Å². The van der Waals surface area contributed by atoms with Crippen molar-refractivity contribution in [2.45, 2.75) is 18.5 Å². The maximum absolute atomic E-state index is 12.2. The van der Waals surface area contributed by atoms with Crippen LogP contribution in [0.4, 0.5) is 18.9 Å². The Labute approximate surface area is 101 Å². The number of anilines is 1. The van der Waals surface area contributed by atoms with Gasteiger partial charge in [0, 0.05) is 0 Å². The van der Waals surface area contributed by atoms with Gasteiger partial charge in [-0.2, -0.15) is 0 Å². The van der Waals surface area contributed by atoms with Crippen molar-refractivity contribution in [2.24, 2.45) is 0 Å². The van der Waals surface area contributed by atoms with E-state index in [4.69, 9.17) is 4.74 Å². The first-order chi connectivity index (χ1) is 8.46. The summed E-state index contributed by atoms with van der Waals surface area (Å²) in [7, 11) is 0. The standard InChI is InChI=1S/C11H12F3NO3/c12-11(13,14)18-10-4-2-1-3-7(10)15-8-5-17-6-9(8)16/h1-4,8-9,15-16H,5-6H2/t8-,9-/m0/s1. The fourth-order valence-corrected chi connectivity index (χ4v) is 1.68.